The van der Waals surface area contributed by atoms with E-state index in [2.05, 4.69) is 15.0 Å². The number of benzene rings is 1. The van der Waals surface area contributed by atoms with Crippen LogP contribution in [0.3, 0.4) is 0 Å². The fraction of sp³-hybridized carbons (Fsp3) is 0.111. The number of rotatable bonds is 4. The zero-order valence-corrected chi connectivity index (χ0v) is 14.5. The first-order chi connectivity index (χ1) is 12.6. The molecule has 0 N–H and O–H groups in total. The Balaban J connectivity index is 1.69. The molecule has 8 heteroatoms. The first kappa shape index (κ1) is 16.3. The molecule has 0 radical (unpaired) electrons. The molecule has 3 heterocycles. The highest BCUT2D eigenvalue weighted by molar-refractivity contribution is 7.17. The topological polar surface area (TPSA) is 69.4 Å². The summed E-state index contributed by atoms with van der Waals surface area (Å²) in [6.07, 6.45) is 4.78. The van der Waals surface area contributed by atoms with Crippen molar-refractivity contribution in [2.45, 2.75) is 13.5 Å². The van der Waals surface area contributed by atoms with Crippen molar-refractivity contribution in [3.63, 3.8) is 0 Å². The Morgan fingerprint density at radius 1 is 1.19 bits per heavy atom. The number of thiazole rings is 1. The van der Waals surface area contributed by atoms with Crippen LogP contribution in [0.25, 0.3) is 16.2 Å². The summed E-state index contributed by atoms with van der Waals surface area (Å²) in [5, 5.41) is 0. The fourth-order valence-corrected chi connectivity index (χ4v) is 3.65. The van der Waals surface area contributed by atoms with E-state index in [1.54, 1.807) is 16.8 Å². The van der Waals surface area contributed by atoms with Crippen molar-refractivity contribution in [1.82, 2.24) is 19.4 Å². The molecule has 4 aromatic rings. The standard InChI is InChI=1S/C18H13FN4O2S/c1-11-17(12-7-20-10-21-8-12)23-16(24)6-14(22-18(23)26-11)9-25-15-4-2-13(19)3-5-15/h2-8,10H,9H2,1H3. The molecule has 0 saturated carbocycles. The minimum absolute atomic E-state index is 0.123. The molecule has 4 rings (SSSR count). The highest BCUT2D eigenvalue weighted by Crippen LogP contribution is 2.28. The van der Waals surface area contributed by atoms with Gasteiger partial charge < -0.3 is 4.74 Å². The average Bonchev–Trinajstić information content (AvgIpc) is 2.98. The lowest BCUT2D eigenvalue weighted by molar-refractivity contribution is 0.301. The molecular weight excluding hydrogens is 355 g/mol. The predicted molar refractivity (Wildman–Crippen MR) is 95.8 cm³/mol. The van der Waals surface area contributed by atoms with Crippen LogP contribution in [-0.4, -0.2) is 19.4 Å². The summed E-state index contributed by atoms with van der Waals surface area (Å²) >= 11 is 1.42. The number of hydrogen-bond donors (Lipinski definition) is 0. The van der Waals surface area contributed by atoms with E-state index < -0.39 is 0 Å². The lowest BCUT2D eigenvalue weighted by atomic mass is 10.2. The van der Waals surface area contributed by atoms with Crippen LogP contribution in [0.4, 0.5) is 4.39 Å². The molecule has 0 bridgehead atoms. The van der Waals surface area contributed by atoms with Gasteiger partial charge in [-0.25, -0.2) is 19.3 Å². The van der Waals surface area contributed by atoms with Crippen LogP contribution >= 0.6 is 11.3 Å². The largest absolute Gasteiger partial charge is 0.487 e. The van der Waals surface area contributed by atoms with Crippen LogP contribution in [0.15, 0.2) is 53.8 Å². The van der Waals surface area contributed by atoms with Crippen LogP contribution in [-0.2, 0) is 6.61 Å². The molecule has 0 aliphatic carbocycles. The maximum absolute atomic E-state index is 12.9. The van der Waals surface area contributed by atoms with Crippen molar-refractivity contribution in [3.8, 4) is 17.0 Å². The number of aryl methyl sites for hydroxylation is 1. The van der Waals surface area contributed by atoms with Crippen molar-refractivity contribution in [1.29, 1.82) is 0 Å². The van der Waals surface area contributed by atoms with Gasteiger partial charge in [-0.2, -0.15) is 0 Å². The lowest BCUT2D eigenvalue weighted by Crippen LogP contribution is -2.16. The Hall–Kier alpha value is -3.13. The van der Waals surface area contributed by atoms with E-state index in [0.717, 1.165) is 16.1 Å². The number of ether oxygens (including phenoxy) is 1. The normalized spacial score (nSPS) is 11.0. The van der Waals surface area contributed by atoms with Gasteiger partial charge in [0.25, 0.3) is 5.56 Å². The minimum atomic E-state index is -0.332. The first-order valence-corrected chi connectivity index (χ1v) is 8.59. The van der Waals surface area contributed by atoms with Gasteiger partial charge in [0.1, 0.15) is 24.5 Å². The zero-order valence-electron chi connectivity index (χ0n) is 13.7. The summed E-state index contributed by atoms with van der Waals surface area (Å²) in [5.41, 5.74) is 1.82. The number of hydrogen-bond acceptors (Lipinski definition) is 6. The van der Waals surface area contributed by atoms with Gasteiger partial charge >= 0.3 is 0 Å². The molecular formula is C18H13FN4O2S. The van der Waals surface area contributed by atoms with E-state index in [0.29, 0.717) is 16.4 Å². The summed E-state index contributed by atoms with van der Waals surface area (Å²) in [6.45, 7) is 2.05. The van der Waals surface area contributed by atoms with E-state index in [-0.39, 0.29) is 18.0 Å². The van der Waals surface area contributed by atoms with Gasteiger partial charge in [-0.1, -0.05) is 0 Å². The van der Waals surface area contributed by atoms with Crippen LogP contribution < -0.4 is 10.3 Å². The molecule has 3 aromatic heterocycles. The average molecular weight is 368 g/mol. The van der Waals surface area contributed by atoms with Gasteiger partial charge in [-0.05, 0) is 31.2 Å². The first-order valence-electron chi connectivity index (χ1n) is 7.77. The highest BCUT2D eigenvalue weighted by atomic mass is 32.1. The van der Waals surface area contributed by atoms with E-state index in [4.69, 9.17) is 4.74 Å². The molecule has 0 atom stereocenters. The molecule has 0 aliphatic heterocycles. The molecule has 0 unspecified atom stereocenters. The minimum Gasteiger partial charge on any atom is -0.487 e. The summed E-state index contributed by atoms with van der Waals surface area (Å²) in [4.78, 5) is 26.7. The van der Waals surface area contributed by atoms with Crippen LogP contribution in [0.2, 0.25) is 0 Å². The summed E-state index contributed by atoms with van der Waals surface area (Å²) < 4.78 is 20.1. The van der Waals surface area contributed by atoms with E-state index in [9.17, 15) is 9.18 Å². The van der Waals surface area contributed by atoms with E-state index in [1.807, 2.05) is 6.92 Å². The molecule has 0 fully saturated rings. The lowest BCUT2D eigenvalue weighted by Gasteiger charge is -2.06. The Morgan fingerprint density at radius 2 is 1.92 bits per heavy atom. The Bertz CT molecular complexity index is 1120. The molecule has 0 spiro atoms. The number of nitrogens with zero attached hydrogens (tertiary/aromatic N) is 4. The van der Waals surface area contributed by atoms with Crippen molar-refractivity contribution in [2.24, 2.45) is 0 Å². The van der Waals surface area contributed by atoms with Crippen molar-refractivity contribution in [3.05, 3.63) is 75.8 Å². The summed E-state index contributed by atoms with van der Waals surface area (Å²) in [7, 11) is 0. The van der Waals surface area contributed by atoms with Crippen molar-refractivity contribution < 1.29 is 9.13 Å². The van der Waals surface area contributed by atoms with Gasteiger partial charge in [0.05, 0.1) is 11.4 Å². The van der Waals surface area contributed by atoms with Gasteiger partial charge in [0.15, 0.2) is 4.96 Å². The predicted octanol–water partition coefficient (Wildman–Crippen LogP) is 3.24. The zero-order chi connectivity index (χ0) is 18.1. The molecule has 0 amide bonds. The van der Waals surface area contributed by atoms with Gasteiger partial charge in [-0.3, -0.25) is 9.20 Å². The van der Waals surface area contributed by atoms with E-state index in [1.165, 1.54) is 48.0 Å². The number of aromatic nitrogens is 4. The Kier molecular flexibility index (Phi) is 4.18. The summed E-state index contributed by atoms with van der Waals surface area (Å²) in [5.74, 6) is 0.180. The number of fused-ring (bicyclic) bond motifs is 1. The maximum atomic E-state index is 12.9. The third kappa shape index (κ3) is 3.06. The maximum Gasteiger partial charge on any atom is 0.259 e. The van der Waals surface area contributed by atoms with Gasteiger partial charge in [-0.15, -0.1) is 11.3 Å². The Morgan fingerprint density at radius 3 is 2.65 bits per heavy atom. The molecule has 26 heavy (non-hydrogen) atoms. The molecule has 130 valence electrons. The van der Waals surface area contributed by atoms with Crippen molar-refractivity contribution >= 4 is 16.3 Å². The Labute approximate surface area is 151 Å². The summed E-state index contributed by atoms with van der Waals surface area (Å²) in [6, 6.07) is 7.14. The second-order valence-electron chi connectivity index (χ2n) is 5.58. The number of halogens is 1. The molecule has 0 aliphatic rings. The molecule has 6 nitrogen and oxygen atoms in total. The monoisotopic (exact) mass is 368 g/mol. The van der Waals surface area contributed by atoms with Crippen LogP contribution in [0, 0.1) is 12.7 Å². The van der Waals surface area contributed by atoms with E-state index >= 15 is 0 Å². The fourth-order valence-electron chi connectivity index (χ4n) is 2.64. The second kappa shape index (κ2) is 6.64. The van der Waals surface area contributed by atoms with Gasteiger partial charge in [0, 0.05) is 28.9 Å². The quantitative estimate of drug-likeness (QED) is 0.553. The third-order valence-corrected chi connectivity index (χ3v) is 4.73. The highest BCUT2D eigenvalue weighted by Gasteiger charge is 2.15. The van der Waals surface area contributed by atoms with Crippen molar-refractivity contribution in [2.75, 3.05) is 0 Å². The van der Waals surface area contributed by atoms with Crippen LogP contribution in [0.1, 0.15) is 10.6 Å². The second-order valence-corrected chi connectivity index (χ2v) is 6.76. The SMILES string of the molecule is Cc1sc2nc(COc3ccc(F)cc3)cc(=O)n2c1-c1cncnc1. The molecule has 1 aromatic carbocycles. The smallest absolute Gasteiger partial charge is 0.259 e. The third-order valence-electron chi connectivity index (χ3n) is 3.78. The van der Waals surface area contributed by atoms with Crippen LogP contribution in [0.5, 0.6) is 5.75 Å². The molecule has 0 saturated heterocycles. The van der Waals surface area contributed by atoms with Gasteiger partial charge in [0.2, 0.25) is 0 Å².